The van der Waals surface area contributed by atoms with Gasteiger partial charge in [0.15, 0.2) is 0 Å². The highest BCUT2D eigenvalue weighted by molar-refractivity contribution is 5.72. The Hall–Kier alpha value is -1.35. The molecule has 1 aromatic rings. The van der Waals surface area contributed by atoms with Gasteiger partial charge in [0.05, 0.1) is 13.5 Å². The van der Waals surface area contributed by atoms with E-state index in [1.165, 1.54) is 18.2 Å². The third kappa shape index (κ3) is 2.02. The standard InChI is InChI=1S/C12H15NO2/c1-15-12(14)7-8-2-4-10-9(6-8)3-5-11(10)13/h2,4,6,11H,3,5,7,13H2,1H3/t11-/m0/s1. The summed E-state index contributed by atoms with van der Waals surface area (Å²) in [7, 11) is 1.41. The molecule has 0 bridgehead atoms. The second kappa shape index (κ2) is 4.03. The van der Waals surface area contributed by atoms with Crippen molar-refractivity contribution in [3.05, 3.63) is 34.9 Å². The number of carbonyl (C=O) groups is 1. The minimum absolute atomic E-state index is 0.173. The number of hydrogen-bond donors (Lipinski definition) is 1. The summed E-state index contributed by atoms with van der Waals surface area (Å²) in [5, 5.41) is 0. The predicted molar refractivity (Wildman–Crippen MR) is 57.4 cm³/mol. The second-order valence-corrected chi connectivity index (χ2v) is 3.93. The summed E-state index contributed by atoms with van der Waals surface area (Å²) in [5.74, 6) is -0.197. The third-order valence-corrected chi connectivity index (χ3v) is 2.91. The number of fused-ring (bicyclic) bond motifs is 1. The number of carbonyl (C=O) groups excluding carboxylic acids is 1. The van der Waals surface area contributed by atoms with Crippen LogP contribution in [0.3, 0.4) is 0 Å². The monoisotopic (exact) mass is 205 g/mol. The van der Waals surface area contributed by atoms with Gasteiger partial charge in [-0.15, -0.1) is 0 Å². The molecule has 3 nitrogen and oxygen atoms in total. The molecule has 0 heterocycles. The normalized spacial score (nSPS) is 18.7. The Morgan fingerprint density at radius 1 is 1.60 bits per heavy atom. The van der Waals surface area contributed by atoms with Crippen molar-refractivity contribution < 1.29 is 9.53 Å². The van der Waals surface area contributed by atoms with E-state index in [0.717, 1.165) is 18.4 Å². The molecule has 1 aliphatic rings. The first kappa shape index (κ1) is 10.2. The fraction of sp³-hybridized carbons (Fsp3) is 0.417. The number of methoxy groups -OCH3 is 1. The zero-order chi connectivity index (χ0) is 10.8. The number of nitrogens with two attached hydrogens (primary N) is 1. The topological polar surface area (TPSA) is 52.3 Å². The molecule has 0 spiro atoms. The van der Waals surface area contributed by atoms with Gasteiger partial charge in [-0.3, -0.25) is 4.79 Å². The minimum Gasteiger partial charge on any atom is -0.469 e. The lowest BCUT2D eigenvalue weighted by molar-refractivity contribution is -0.139. The summed E-state index contributed by atoms with van der Waals surface area (Å²) in [6.45, 7) is 0. The van der Waals surface area contributed by atoms with E-state index >= 15 is 0 Å². The smallest absolute Gasteiger partial charge is 0.309 e. The second-order valence-electron chi connectivity index (χ2n) is 3.93. The first-order chi connectivity index (χ1) is 7.20. The molecule has 0 aromatic heterocycles. The fourth-order valence-electron chi connectivity index (χ4n) is 2.05. The molecule has 0 saturated carbocycles. The molecule has 0 saturated heterocycles. The SMILES string of the molecule is COC(=O)Cc1ccc2c(c1)CC[C@@H]2N. The first-order valence-corrected chi connectivity index (χ1v) is 5.15. The minimum atomic E-state index is -0.197. The van der Waals surface area contributed by atoms with Gasteiger partial charge < -0.3 is 10.5 Å². The maximum Gasteiger partial charge on any atom is 0.309 e. The van der Waals surface area contributed by atoms with Crippen molar-refractivity contribution in [2.45, 2.75) is 25.3 Å². The lowest BCUT2D eigenvalue weighted by Gasteiger charge is -2.06. The van der Waals surface area contributed by atoms with Crippen LogP contribution in [-0.4, -0.2) is 13.1 Å². The Kier molecular flexibility index (Phi) is 2.73. The highest BCUT2D eigenvalue weighted by Crippen LogP contribution is 2.29. The molecular weight excluding hydrogens is 190 g/mol. The van der Waals surface area contributed by atoms with Crippen LogP contribution >= 0.6 is 0 Å². The molecule has 3 heteroatoms. The number of aryl methyl sites for hydroxylation is 1. The maximum atomic E-state index is 11.1. The number of hydrogen-bond acceptors (Lipinski definition) is 3. The molecule has 2 rings (SSSR count). The van der Waals surface area contributed by atoms with Gasteiger partial charge >= 0.3 is 5.97 Å². The summed E-state index contributed by atoms with van der Waals surface area (Å²) < 4.78 is 4.63. The summed E-state index contributed by atoms with van der Waals surface area (Å²) in [4.78, 5) is 11.1. The van der Waals surface area contributed by atoms with Gasteiger partial charge in [-0.1, -0.05) is 18.2 Å². The Balaban J connectivity index is 2.19. The van der Waals surface area contributed by atoms with Crippen molar-refractivity contribution in [3.8, 4) is 0 Å². The average molecular weight is 205 g/mol. The number of rotatable bonds is 2. The van der Waals surface area contributed by atoms with E-state index in [1.54, 1.807) is 0 Å². The molecule has 0 fully saturated rings. The summed E-state index contributed by atoms with van der Waals surface area (Å²) in [5.41, 5.74) is 9.45. The van der Waals surface area contributed by atoms with Crippen molar-refractivity contribution in [1.82, 2.24) is 0 Å². The molecule has 1 aliphatic carbocycles. The van der Waals surface area contributed by atoms with Crippen LogP contribution in [-0.2, 0) is 22.4 Å². The lowest BCUT2D eigenvalue weighted by atomic mass is 10.0. The Labute approximate surface area is 89.2 Å². The molecule has 2 N–H and O–H groups in total. The van der Waals surface area contributed by atoms with Crippen LogP contribution in [0.5, 0.6) is 0 Å². The molecule has 1 atom stereocenters. The van der Waals surface area contributed by atoms with Gasteiger partial charge in [-0.05, 0) is 29.5 Å². The zero-order valence-electron chi connectivity index (χ0n) is 8.82. The van der Waals surface area contributed by atoms with Crippen LogP contribution in [0.15, 0.2) is 18.2 Å². The average Bonchev–Trinajstić information content (AvgIpc) is 2.60. The fourth-order valence-corrected chi connectivity index (χ4v) is 2.05. The molecule has 0 aliphatic heterocycles. The van der Waals surface area contributed by atoms with Crippen molar-refractivity contribution in [2.75, 3.05) is 7.11 Å². The highest BCUT2D eigenvalue weighted by Gasteiger charge is 2.19. The van der Waals surface area contributed by atoms with Crippen LogP contribution in [0.2, 0.25) is 0 Å². The van der Waals surface area contributed by atoms with Crippen LogP contribution in [0.25, 0.3) is 0 Å². The third-order valence-electron chi connectivity index (χ3n) is 2.91. The number of benzene rings is 1. The van der Waals surface area contributed by atoms with Gasteiger partial charge in [0.1, 0.15) is 0 Å². The van der Waals surface area contributed by atoms with Gasteiger partial charge in [-0.25, -0.2) is 0 Å². The molecule has 0 radical (unpaired) electrons. The molecule has 80 valence electrons. The van der Waals surface area contributed by atoms with E-state index in [4.69, 9.17) is 5.73 Å². The van der Waals surface area contributed by atoms with Crippen molar-refractivity contribution >= 4 is 5.97 Å². The van der Waals surface area contributed by atoms with Crippen molar-refractivity contribution in [1.29, 1.82) is 0 Å². The largest absolute Gasteiger partial charge is 0.469 e. The maximum absolute atomic E-state index is 11.1. The van der Waals surface area contributed by atoms with E-state index in [2.05, 4.69) is 10.8 Å². The van der Waals surface area contributed by atoms with Gasteiger partial charge in [-0.2, -0.15) is 0 Å². The van der Waals surface area contributed by atoms with Crippen molar-refractivity contribution in [3.63, 3.8) is 0 Å². The molecule has 0 unspecified atom stereocenters. The van der Waals surface area contributed by atoms with Gasteiger partial charge in [0.25, 0.3) is 0 Å². The molecule has 0 amide bonds. The summed E-state index contributed by atoms with van der Waals surface area (Å²) >= 11 is 0. The predicted octanol–water partition coefficient (Wildman–Crippen LogP) is 1.35. The van der Waals surface area contributed by atoms with Crippen molar-refractivity contribution in [2.24, 2.45) is 5.73 Å². The number of esters is 1. The van der Waals surface area contributed by atoms with E-state index in [1.807, 2.05) is 12.1 Å². The Morgan fingerprint density at radius 3 is 3.13 bits per heavy atom. The van der Waals surface area contributed by atoms with Crippen LogP contribution < -0.4 is 5.73 Å². The number of ether oxygens (including phenoxy) is 1. The quantitative estimate of drug-likeness (QED) is 0.741. The molecular formula is C12H15NO2. The van der Waals surface area contributed by atoms with Gasteiger partial charge in [0.2, 0.25) is 0 Å². The van der Waals surface area contributed by atoms with Crippen LogP contribution in [0.1, 0.15) is 29.2 Å². The first-order valence-electron chi connectivity index (χ1n) is 5.15. The molecule has 1 aromatic carbocycles. The van der Waals surface area contributed by atoms with Gasteiger partial charge in [0, 0.05) is 6.04 Å². The van der Waals surface area contributed by atoms with E-state index < -0.39 is 0 Å². The highest BCUT2D eigenvalue weighted by atomic mass is 16.5. The summed E-state index contributed by atoms with van der Waals surface area (Å²) in [6.07, 6.45) is 2.38. The Morgan fingerprint density at radius 2 is 2.40 bits per heavy atom. The van der Waals surface area contributed by atoms with Crippen LogP contribution in [0, 0.1) is 0 Å². The van der Waals surface area contributed by atoms with E-state index in [9.17, 15) is 4.79 Å². The van der Waals surface area contributed by atoms with E-state index in [-0.39, 0.29) is 12.0 Å². The van der Waals surface area contributed by atoms with Crippen LogP contribution in [0.4, 0.5) is 0 Å². The lowest BCUT2D eigenvalue weighted by Crippen LogP contribution is -2.06. The molecule has 15 heavy (non-hydrogen) atoms. The van der Waals surface area contributed by atoms with E-state index in [0.29, 0.717) is 6.42 Å². The zero-order valence-corrected chi connectivity index (χ0v) is 8.82. The Bertz CT molecular complexity index is 387. The summed E-state index contributed by atoms with van der Waals surface area (Å²) in [6, 6.07) is 6.23.